The highest BCUT2D eigenvalue weighted by molar-refractivity contribution is 6.02. The topological polar surface area (TPSA) is 62.5 Å². The highest BCUT2D eigenvalue weighted by atomic mass is 16.3. The molecule has 2 aromatic rings. The highest BCUT2D eigenvalue weighted by Gasteiger charge is 2.24. The molecule has 2 rings (SSSR count). The number of amides is 1. The van der Waals surface area contributed by atoms with Crippen LogP contribution in [0.25, 0.3) is 10.9 Å². The molecule has 1 heterocycles. The van der Waals surface area contributed by atoms with Gasteiger partial charge >= 0.3 is 0 Å². The third-order valence-corrected chi connectivity index (χ3v) is 3.81. The van der Waals surface area contributed by atoms with Crippen LogP contribution in [-0.2, 0) is 7.05 Å². The predicted molar refractivity (Wildman–Crippen MR) is 91.5 cm³/mol. The number of aromatic nitrogens is 1. The van der Waals surface area contributed by atoms with Crippen LogP contribution in [0.5, 0.6) is 5.75 Å². The van der Waals surface area contributed by atoms with E-state index in [1.807, 2.05) is 6.92 Å². The Morgan fingerprint density at radius 2 is 1.91 bits per heavy atom. The Kier molecular flexibility index (Phi) is 4.69. The minimum absolute atomic E-state index is 0.224. The lowest BCUT2D eigenvalue weighted by Gasteiger charge is -2.19. The van der Waals surface area contributed by atoms with Gasteiger partial charge in [-0.3, -0.25) is 9.59 Å². The molecule has 1 aromatic carbocycles. The zero-order valence-electron chi connectivity index (χ0n) is 13.7. The van der Waals surface area contributed by atoms with E-state index in [1.54, 1.807) is 63.5 Å². The van der Waals surface area contributed by atoms with Crippen LogP contribution in [0.4, 0.5) is 0 Å². The Labute approximate surface area is 134 Å². The molecule has 5 nitrogen and oxygen atoms in total. The fourth-order valence-corrected chi connectivity index (χ4v) is 2.53. The summed E-state index contributed by atoms with van der Waals surface area (Å²) in [5.41, 5.74) is 0.479. The summed E-state index contributed by atoms with van der Waals surface area (Å²) >= 11 is 0. The summed E-state index contributed by atoms with van der Waals surface area (Å²) in [4.78, 5) is 26.6. The number of rotatable bonds is 3. The molecule has 0 spiro atoms. The first kappa shape index (κ1) is 16.5. The first-order valence-electron chi connectivity index (χ1n) is 7.31. The Balaban J connectivity index is 2.69. The second-order valence-electron chi connectivity index (χ2n) is 5.18. The molecule has 1 aromatic heterocycles. The normalized spacial score (nSPS) is 12.1. The smallest absolute Gasteiger partial charge is 0.267 e. The summed E-state index contributed by atoms with van der Waals surface area (Å²) in [6.45, 7) is 3.64. The molecule has 0 unspecified atom stereocenters. The SMILES string of the molecule is C/C=C\C(=C/C)N(C)C(=O)c1c(O)c2ccccc2n(C)c1=O. The molecule has 1 N–H and O–H groups in total. The van der Waals surface area contributed by atoms with Crippen LogP contribution < -0.4 is 5.56 Å². The van der Waals surface area contributed by atoms with Crippen molar-refractivity contribution < 1.29 is 9.90 Å². The number of pyridine rings is 1. The minimum Gasteiger partial charge on any atom is -0.506 e. The lowest BCUT2D eigenvalue weighted by molar-refractivity contribution is 0.0835. The minimum atomic E-state index is -0.542. The molecule has 0 bridgehead atoms. The summed E-state index contributed by atoms with van der Waals surface area (Å²) < 4.78 is 1.38. The summed E-state index contributed by atoms with van der Waals surface area (Å²) in [6.07, 6.45) is 5.33. The van der Waals surface area contributed by atoms with E-state index >= 15 is 0 Å². The Morgan fingerprint density at radius 1 is 1.26 bits per heavy atom. The number of carbonyl (C=O) groups excluding carboxylic acids is 1. The van der Waals surface area contributed by atoms with Gasteiger partial charge in [0, 0.05) is 25.2 Å². The van der Waals surface area contributed by atoms with E-state index in [1.165, 1.54) is 9.47 Å². The van der Waals surface area contributed by atoms with Crippen LogP contribution in [0.3, 0.4) is 0 Å². The number of fused-ring (bicyclic) bond motifs is 1. The summed E-state index contributed by atoms with van der Waals surface area (Å²) in [7, 11) is 3.16. The molecular formula is C18H20N2O3. The molecule has 0 aliphatic heterocycles. The molecule has 0 saturated carbocycles. The van der Waals surface area contributed by atoms with E-state index in [9.17, 15) is 14.7 Å². The number of likely N-dealkylation sites (N-methyl/N-ethyl adjacent to an activating group) is 1. The van der Waals surface area contributed by atoms with E-state index in [0.717, 1.165) is 0 Å². The van der Waals surface area contributed by atoms with E-state index < -0.39 is 11.5 Å². The maximum Gasteiger partial charge on any atom is 0.267 e. The van der Waals surface area contributed by atoms with Crippen molar-refractivity contribution in [1.29, 1.82) is 0 Å². The largest absolute Gasteiger partial charge is 0.506 e. The third kappa shape index (κ3) is 2.77. The Morgan fingerprint density at radius 3 is 2.52 bits per heavy atom. The molecular weight excluding hydrogens is 292 g/mol. The number of benzene rings is 1. The van der Waals surface area contributed by atoms with Crippen molar-refractivity contribution >= 4 is 16.8 Å². The number of aromatic hydroxyl groups is 1. The van der Waals surface area contributed by atoms with Crippen molar-refractivity contribution in [2.75, 3.05) is 7.05 Å². The first-order chi connectivity index (χ1) is 10.9. The van der Waals surface area contributed by atoms with Crippen LogP contribution in [0.15, 0.2) is 53.0 Å². The summed E-state index contributed by atoms with van der Waals surface area (Å²) in [5, 5.41) is 10.9. The van der Waals surface area contributed by atoms with Gasteiger partial charge < -0.3 is 14.6 Å². The van der Waals surface area contributed by atoms with Crippen molar-refractivity contribution in [3.63, 3.8) is 0 Å². The molecule has 5 heteroatoms. The van der Waals surface area contributed by atoms with Crippen LogP contribution in [0.1, 0.15) is 24.2 Å². The van der Waals surface area contributed by atoms with Gasteiger partial charge in [0.2, 0.25) is 0 Å². The molecule has 0 fully saturated rings. The molecule has 0 atom stereocenters. The van der Waals surface area contributed by atoms with E-state index in [4.69, 9.17) is 0 Å². The van der Waals surface area contributed by atoms with Gasteiger partial charge in [0.15, 0.2) is 0 Å². The van der Waals surface area contributed by atoms with Gasteiger partial charge in [0.1, 0.15) is 11.3 Å². The van der Waals surface area contributed by atoms with Gasteiger partial charge in [-0.25, -0.2) is 0 Å². The average Bonchev–Trinajstić information content (AvgIpc) is 2.57. The fraction of sp³-hybridized carbons (Fsp3) is 0.222. The summed E-state index contributed by atoms with van der Waals surface area (Å²) in [6, 6.07) is 6.94. The van der Waals surface area contributed by atoms with Gasteiger partial charge in [-0.1, -0.05) is 24.3 Å². The molecule has 120 valence electrons. The molecule has 0 saturated heterocycles. The molecule has 0 aliphatic rings. The quantitative estimate of drug-likeness (QED) is 0.887. The molecule has 1 amide bonds. The molecule has 23 heavy (non-hydrogen) atoms. The number of para-hydroxylation sites is 1. The zero-order chi connectivity index (χ0) is 17.1. The lowest BCUT2D eigenvalue weighted by Crippen LogP contribution is -2.33. The van der Waals surface area contributed by atoms with Gasteiger partial charge in [0.25, 0.3) is 11.5 Å². The second-order valence-corrected chi connectivity index (χ2v) is 5.18. The van der Waals surface area contributed by atoms with Gasteiger partial charge in [-0.15, -0.1) is 0 Å². The standard InChI is InChI=1S/C18H20N2O3/c1-5-9-12(6-2)19(3)17(22)15-16(21)13-10-7-8-11-14(13)20(4)18(15)23/h5-11,21H,1-4H3/b9-5-,12-6+. The number of aryl methyl sites for hydroxylation is 1. The van der Waals surface area contributed by atoms with Crippen LogP contribution >= 0.6 is 0 Å². The van der Waals surface area contributed by atoms with Crippen LogP contribution in [0.2, 0.25) is 0 Å². The highest BCUT2D eigenvalue weighted by Crippen LogP contribution is 2.27. The number of carbonyl (C=O) groups is 1. The number of nitrogens with zero attached hydrogens (tertiary/aromatic N) is 2. The van der Waals surface area contributed by atoms with Gasteiger partial charge in [-0.2, -0.15) is 0 Å². The Hall–Kier alpha value is -2.82. The van der Waals surface area contributed by atoms with E-state index in [0.29, 0.717) is 16.6 Å². The predicted octanol–water partition coefficient (Wildman–Crippen LogP) is 2.80. The van der Waals surface area contributed by atoms with Crippen molar-refractivity contribution in [3.05, 3.63) is 64.1 Å². The first-order valence-corrected chi connectivity index (χ1v) is 7.31. The monoisotopic (exact) mass is 312 g/mol. The number of allylic oxidation sites excluding steroid dienone is 3. The van der Waals surface area contributed by atoms with Crippen molar-refractivity contribution in [1.82, 2.24) is 9.47 Å². The fourth-order valence-electron chi connectivity index (χ4n) is 2.53. The van der Waals surface area contributed by atoms with Crippen molar-refractivity contribution in [2.45, 2.75) is 13.8 Å². The lowest BCUT2D eigenvalue weighted by atomic mass is 10.1. The third-order valence-electron chi connectivity index (χ3n) is 3.81. The van der Waals surface area contributed by atoms with Crippen molar-refractivity contribution in [3.8, 4) is 5.75 Å². The maximum atomic E-state index is 12.7. The van der Waals surface area contributed by atoms with Crippen molar-refractivity contribution in [2.24, 2.45) is 7.05 Å². The van der Waals surface area contributed by atoms with Gasteiger partial charge in [0.05, 0.1) is 5.52 Å². The van der Waals surface area contributed by atoms with E-state index in [-0.39, 0.29) is 11.3 Å². The van der Waals surface area contributed by atoms with E-state index in [2.05, 4.69) is 0 Å². The summed E-state index contributed by atoms with van der Waals surface area (Å²) in [5.74, 6) is -0.823. The number of hydrogen-bond acceptors (Lipinski definition) is 3. The average molecular weight is 312 g/mol. The Bertz CT molecular complexity index is 876. The van der Waals surface area contributed by atoms with Gasteiger partial charge in [-0.05, 0) is 32.1 Å². The van der Waals surface area contributed by atoms with Crippen LogP contribution in [0, 0.1) is 0 Å². The molecule has 0 aliphatic carbocycles. The molecule has 0 radical (unpaired) electrons. The number of hydrogen-bond donors (Lipinski definition) is 1. The zero-order valence-corrected chi connectivity index (χ0v) is 13.7. The van der Waals surface area contributed by atoms with Crippen LogP contribution in [-0.4, -0.2) is 27.5 Å². The maximum absolute atomic E-state index is 12.7. The second kappa shape index (κ2) is 6.52.